The Kier molecular flexibility index (Phi) is 5.57. The van der Waals surface area contributed by atoms with E-state index < -0.39 is 0 Å². The molecule has 0 aromatic heterocycles. The number of ether oxygens (including phenoxy) is 3. The van der Waals surface area contributed by atoms with Crippen LogP contribution in [0, 0.1) is 0 Å². The molecule has 2 heterocycles. The maximum Gasteiger partial charge on any atom is 0.274 e. The Labute approximate surface area is 194 Å². The molecule has 1 amide bonds. The van der Waals surface area contributed by atoms with Crippen molar-refractivity contribution in [1.29, 1.82) is 0 Å². The van der Waals surface area contributed by atoms with Gasteiger partial charge in [-0.05, 0) is 78.7 Å². The van der Waals surface area contributed by atoms with Crippen LogP contribution in [0.1, 0.15) is 40.9 Å². The van der Waals surface area contributed by atoms with Crippen molar-refractivity contribution in [2.45, 2.75) is 19.4 Å². The minimum atomic E-state index is -0.248. The molecular weight excluding hydrogens is 472 g/mol. The van der Waals surface area contributed by atoms with Gasteiger partial charge in [-0.1, -0.05) is 22.0 Å². The Morgan fingerprint density at radius 1 is 1.06 bits per heavy atom. The molecule has 2 aliphatic rings. The van der Waals surface area contributed by atoms with Crippen LogP contribution in [0.3, 0.4) is 0 Å². The van der Waals surface area contributed by atoms with Crippen LogP contribution >= 0.6 is 15.9 Å². The average molecular weight is 493 g/mol. The lowest BCUT2D eigenvalue weighted by molar-refractivity contribution is 0.0711. The van der Waals surface area contributed by atoms with E-state index in [0.29, 0.717) is 30.1 Å². The summed E-state index contributed by atoms with van der Waals surface area (Å²) >= 11 is 3.42. The average Bonchev–Trinajstić information content (AvgIpc) is 3.47. The molecule has 0 aliphatic carbocycles. The van der Waals surface area contributed by atoms with Crippen molar-refractivity contribution in [2.75, 3.05) is 13.4 Å². The molecule has 162 valence electrons. The summed E-state index contributed by atoms with van der Waals surface area (Å²) in [6.07, 6.45) is 0.593. The highest BCUT2D eigenvalue weighted by molar-refractivity contribution is 9.10. The Morgan fingerprint density at radius 2 is 1.81 bits per heavy atom. The minimum Gasteiger partial charge on any atom is -0.494 e. The van der Waals surface area contributed by atoms with Gasteiger partial charge in [0, 0.05) is 16.5 Å². The highest BCUT2D eigenvalue weighted by Gasteiger charge is 2.34. The summed E-state index contributed by atoms with van der Waals surface area (Å²) in [5, 5.41) is 6.34. The molecule has 32 heavy (non-hydrogen) atoms. The van der Waals surface area contributed by atoms with Gasteiger partial charge in [-0.15, -0.1) is 0 Å². The summed E-state index contributed by atoms with van der Waals surface area (Å²) in [4.78, 5) is 13.4. The largest absolute Gasteiger partial charge is 0.494 e. The second-order valence-electron chi connectivity index (χ2n) is 7.49. The van der Waals surface area contributed by atoms with E-state index in [-0.39, 0.29) is 18.7 Å². The maximum atomic E-state index is 13.4. The van der Waals surface area contributed by atoms with Crippen molar-refractivity contribution in [3.63, 3.8) is 0 Å². The number of hydrogen-bond acceptors (Lipinski definition) is 5. The van der Waals surface area contributed by atoms with Gasteiger partial charge < -0.3 is 14.2 Å². The number of amides is 1. The van der Waals surface area contributed by atoms with Crippen LogP contribution in [0.15, 0.2) is 76.3 Å². The zero-order valence-electron chi connectivity index (χ0n) is 17.5. The third kappa shape index (κ3) is 3.96. The number of carbonyl (C=O) groups excluding carboxylic acids is 1. The van der Waals surface area contributed by atoms with Crippen molar-refractivity contribution in [2.24, 2.45) is 5.10 Å². The minimum absolute atomic E-state index is 0.152. The van der Waals surface area contributed by atoms with Crippen molar-refractivity contribution in [3.05, 3.63) is 87.9 Å². The number of nitrogens with zero attached hydrogens (tertiary/aromatic N) is 2. The molecule has 3 aromatic rings. The quantitative estimate of drug-likeness (QED) is 0.467. The molecule has 0 bridgehead atoms. The van der Waals surface area contributed by atoms with Crippen molar-refractivity contribution < 1.29 is 19.0 Å². The third-order valence-electron chi connectivity index (χ3n) is 5.49. The van der Waals surface area contributed by atoms with E-state index in [1.807, 2.05) is 61.5 Å². The molecule has 7 heteroatoms. The maximum absolute atomic E-state index is 13.4. The first-order valence-corrected chi connectivity index (χ1v) is 11.2. The van der Waals surface area contributed by atoms with Gasteiger partial charge in [0.15, 0.2) is 11.5 Å². The van der Waals surface area contributed by atoms with Gasteiger partial charge in [0.25, 0.3) is 5.91 Å². The standard InChI is InChI=1S/C25H21BrN2O4/c1-2-30-20-10-5-16(6-11-20)21-14-22(18-7-12-23-24(13-18)32-15-31-23)28(27-21)25(29)17-3-8-19(26)9-4-17/h3-13,22H,2,14-15H2,1H3. The fourth-order valence-electron chi connectivity index (χ4n) is 3.89. The Balaban J connectivity index is 1.50. The lowest BCUT2D eigenvalue weighted by atomic mass is 9.97. The summed E-state index contributed by atoms with van der Waals surface area (Å²) in [5.41, 5.74) is 3.34. The Morgan fingerprint density at radius 3 is 2.56 bits per heavy atom. The van der Waals surface area contributed by atoms with Gasteiger partial charge >= 0.3 is 0 Å². The van der Waals surface area contributed by atoms with E-state index in [1.54, 1.807) is 17.1 Å². The first kappa shape index (κ1) is 20.6. The van der Waals surface area contributed by atoms with Gasteiger partial charge in [-0.2, -0.15) is 5.10 Å². The zero-order valence-corrected chi connectivity index (χ0v) is 19.0. The van der Waals surface area contributed by atoms with E-state index in [4.69, 9.17) is 19.3 Å². The zero-order chi connectivity index (χ0) is 22.1. The second kappa shape index (κ2) is 8.67. The van der Waals surface area contributed by atoms with Crippen LogP contribution in [0.25, 0.3) is 0 Å². The smallest absolute Gasteiger partial charge is 0.274 e. The molecule has 0 spiro atoms. The van der Waals surface area contributed by atoms with Crippen molar-refractivity contribution >= 4 is 27.5 Å². The van der Waals surface area contributed by atoms with Crippen LogP contribution in [0.2, 0.25) is 0 Å². The van der Waals surface area contributed by atoms with Crippen LogP contribution < -0.4 is 14.2 Å². The Hall–Kier alpha value is -3.32. The molecule has 0 saturated carbocycles. The Bertz CT molecular complexity index is 1180. The van der Waals surface area contributed by atoms with Crippen LogP contribution in [0.5, 0.6) is 17.2 Å². The highest BCUT2D eigenvalue weighted by atomic mass is 79.9. The van der Waals surface area contributed by atoms with Gasteiger partial charge in [0.1, 0.15) is 5.75 Å². The van der Waals surface area contributed by atoms with Gasteiger partial charge in [-0.25, -0.2) is 5.01 Å². The first-order chi connectivity index (χ1) is 15.6. The third-order valence-corrected chi connectivity index (χ3v) is 6.02. The first-order valence-electron chi connectivity index (χ1n) is 10.4. The lowest BCUT2D eigenvalue weighted by Gasteiger charge is -2.22. The molecule has 5 rings (SSSR count). The normalized spacial score (nSPS) is 16.8. The van der Waals surface area contributed by atoms with E-state index in [2.05, 4.69) is 15.9 Å². The molecule has 0 radical (unpaired) electrons. The van der Waals surface area contributed by atoms with Crippen LogP contribution in [-0.2, 0) is 0 Å². The predicted molar refractivity (Wildman–Crippen MR) is 124 cm³/mol. The predicted octanol–water partition coefficient (Wildman–Crippen LogP) is 5.57. The van der Waals surface area contributed by atoms with Crippen molar-refractivity contribution in [3.8, 4) is 17.2 Å². The molecule has 6 nitrogen and oxygen atoms in total. The fourth-order valence-corrected chi connectivity index (χ4v) is 4.15. The van der Waals surface area contributed by atoms with Gasteiger partial charge in [0.2, 0.25) is 6.79 Å². The molecule has 1 unspecified atom stereocenters. The van der Waals surface area contributed by atoms with Gasteiger partial charge in [-0.3, -0.25) is 4.79 Å². The molecule has 0 saturated heterocycles. The number of fused-ring (bicyclic) bond motifs is 1. The van der Waals surface area contributed by atoms with Gasteiger partial charge in [0.05, 0.1) is 18.4 Å². The van der Waals surface area contributed by atoms with E-state index >= 15 is 0 Å². The van der Waals surface area contributed by atoms with E-state index in [0.717, 1.165) is 27.1 Å². The number of benzene rings is 3. The number of hydrogen-bond donors (Lipinski definition) is 0. The number of carbonyl (C=O) groups is 1. The summed E-state index contributed by atoms with van der Waals surface area (Å²) < 4.78 is 17.5. The summed E-state index contributed by atoms with van der Waals surface area (Å²) in [6, 6.07) is 20.7. The topological polar surface area (TPSA) is 60.4 Å². The molecule has 0 N–H and O–H groups in total. The summed E-state index contributed by atoms with van der Waals surface area (Å²) in [5.74, 6) is 2.06. The SMILES string of the molecule is CCOc1ccc(C2=NN(C(=O)c3ccc(Br)cc3)C(c3ccc4c(c3)OCO4)C2)cc1. The number of rotatable bonds is 5. The van der Waals surface area contributed by atoms with Crippen LogP contribution in [0.4, 0.5) is 0 Å². The summed E-state index contributed by atoms with van der Waals surface area (Å²) in [7, 11) is 0. The highest BCUT2D eigenvalue weighted by Crippen LogP contribution is 2.39. The molecule has 1 atom stereocenters. The van der Waals surface area contributed by atoms with Crippen LogP contribution in [-0.4, -0.2) is 30.0 Å². The molecule has 0 fully saturated rings. The lowest BCUT2D eigenvalue weighted by Crippen LogP contribution is -2.27. The second-order valence-corrected chi connectivity index (χ2v) is 8.41. The van der Waals surface area contributed by atoms with E-state index in [9.17, 15) is 4.79 Å². The summed E-state index contributed by atoms with van der Waals surface area (Å²) in [6.45, 7) is 2.78. The fraction of sp³-hybridized carbons (Fsp3) is 0.200. The monoisotopic (exact) mass is 492 g/mol. The van der Waals surface area contributed by atoms with E-state index in [1.165, 1.54) is 0 Å². The molecule has 3 aromatic carbocycles. The number of hydrazone groups is 1. The van der Waals surface area contributed by atoms with Crippen molar-refractivity contribution in [1.82, 2.24) is 5.01 Å². The molecule has 2 aliphatic heterocycles. The molecular formula is C25H21BrN2O4. The number of halogens is 1.